The Labute approximate surface area is 201 Å². The number of hydrogen-bond acceptors (Lipinski definition) is 7. The highest BCUT2D eigenvalue weighted by atomic mass is 32.1. The second-order valence-corrected chi connectivity index (χ2v) is 8.83. The van der Waals surface area contributed by atoms with E-state index in [1.807, 2.05) is 43.3 Å². The smallest absolute Gasteiger partial charge is 0.338 e. The Morgan fingerprint density at radius 3 is 2.50 bits per heavy atom. The van der Waals surface area contributed by atoms with Crippen molar-refractivity contribution in [3.8, 4) is 11.5 Å². The molecule has 0 unspecified atom stereocenters. The van der Waals surface area contributed by atoms with Gasteiger partial charge in [-0.3, -0.25) is 9.36 Å². The number of methoxy groups -OCH3 is 2. The molecule has 0 radical (unpaired) electrons. The Balaban J connectivity index is 1.94. The maximum Gasteiger partial charge on any atom is 0.338 e. The standard InChI is InChI=1S/C26H26N2O5S/c1-6-33-25(30)22-16(3)27-26-28(23(22)17-9-7-15(2)8-10-17)24(29)21(34-26)13-18-11-12-19(31-4)14-20(18)32-5/h7-14,23H,6H2,1-5H3/b21-13-/t23-/m0/s1. The lowest BCUT2D eigenvalue weighted by Crippen LogP contribution is -2.39. The molecule has 34 heavy (non-hydrogen) atoms. The number of carbonyl (C=O) groups excluding carboxylic acids is 1. The first-order chi connectivity index (χ1) is 16.4. The van der Waals surface area contributed by atoms with Gasteiger partial charge in [0, 0.05) is 11.6 Å². The molecule has 0 aliphatic carbocycles. The third-order valence-electron chi connectivity index (χ3n) is 5.64. The zero-order chi connectivity index (χ0) is 24.4. The van der Waals surface area contributed by atoms with Crippen LogP contribution in [0.5, 0.6) is 11.5 Å². The van der Waals surface area contributed by atoms with E-state index in [-0.39, 0.29) is 12.2 Å². The molecule has 1 aromatic heterocycles. The molecule has 2 aromatic carbocycles. The highest BCUT2D eigenvalue weighted by Gasteiger charge is 2.33. The van der Waals surface area contributed by atoms with Crippen LogP contribution in [0, 0.1) is 6.92 Å². The number of ether oxygens (including phenoxy) is 3. The maximum absolute atomic E-state index is 13.7. The highest BCUT2D eigenvalue weighted by molar-refractivity contribution is 7.07. The number of esters is 1. The lowest BCUT2D eigenvalue weighted by atomic mass is 9.95. The van der Waals surface area contributed by atoms with Gasteiger partial charge in [0.1, 0.15) is 11.5 Å². The van der Waals surface area contributed by atoms with Crippen LogP contribution < -0.4 is 24.4 Å². The van der Waals surface area contributed by atoms with E-state index in [0.717, 1.165) is 16.7 Å². The average Bonchev–Trinajstić information content (AvgIpc) is 3.13. The Morgan fingerprint density at radius 1 is 1.12 bits per heavy atom. The minimum absolute atomic E-state index is 0.234. The number of hydrogen-bond donors (Lipinski definition) is 0. The molecule has 0 N–H and O–H groups in total. The van der Waals surface area contributed by atoms with Crippen LogP contribution in [0.3, 0.4) is 0 Å². The first kappa shape index (κ1) is 23.5. The summed E-state index contributed by atoms with van der Waals surface area (Å²) in [7, 11) is 3.15. The minimum Gasteiger partial charge on any atom is -0.497 e. The van der Waals surface area contributed by atoms with E-state index in [2.05, 4.69) is 4.99 Å². The molecular formula is C26H26N2O5S. The summed E-state index contributed by atoms with van der Waals surface area (Å²) < 4.78 is 18.2. The summed E-state index contributed by atoms with van der Waals surface area (Å²) in [5, 5.41) is 0. The largest absolute Gasteiger partial charge is 0.497 e. The number of benzene rings is 2. The molecule has 0 saturated carbocycles. The molecule has 1 atom stereocenters. The van der Waals surface area contributed by atoms with Crippen LogP contribution in [0.2, 0.25) is 0 Å². The van der Waals surface area contributed by atoms with Crippen LogP contribution in [0.15, 0.2) is 63.5 Å². The quantitative estimate of drug-likeness (QED) is 0.509. The maximum atomic E-state index is 13.7. The van der Waals surface area contributed by atoms with Crippen LogP contribution in [0.25, 0.3) is 6.08 Å². The molecule has 1 aliphatic rings. The van der Waals surface area contributed by atoms with Gasteiger partial charge in [0.05, 0.1) is 42.7 Å². The van der Waals surface area contributed by atoms with Gasteiger partial charge in [-0.1, -0.05) is 41.2 Å². The van der Waals surface area contributed by atoms with E-state index in [9.17, 15) is 9.59 Å². The summed E-state index contributed by atoms with van der Waals surface area (Å²) in [6.45, 7) is 5.76. The van der Waals surface area contributed by atoms with E-state index < -0.39 is 12.0 Å². The van der Waals surface area contributed by atoms with Crippen LogP contribution in [-0.2, 0) is 9.53 Å². The molecule has 0 spiro atoms. The van der Waals surface area contributed by atoms with E-state index in [4.69, 9.17) is 14.2 Å². The van der Waals surface area contributed by atoms with Crippen molar-refractivity contribution in [1.82, 2.24) is 4.57 Å². The van der Waals surface area contributed by atoms with Crippen molar-refractivity contribution in [2.24, 2.45) is 4.99 Å². The molecule has 3 aromatic rings. The van der Waals surface area contributed by atoms with Crippen LogP contribution in [0.4, 0.5) is 0 Å². The summed E-state index contributed by atoms with van der Waals surface area (Å²) in [4.78, 5) is 31.7. The Kier molecular flexibility index (Phi) is 6.70. The van der Waals surface area contributed by atoms with Gasteiger partial charge < -0.3 is 14.2 Å². The zero-order valence-corrected chi connectivity index (χ0v) is 20.6. The number of carbonyl (C=O) groups is 1. The molecule has 8 heteroatoms. The number of nitrogens with zero attached hydrogens (tertiary/aromatic N) is 2. The summed E-state index contributed by atoms with van der Waals surface area (Å²) >= 11 is 1.27. The van der Waals surface area contributed by atoms with Gasteiger partial charge in [-0.2, -0.15) is 0 Å². The van der Waals surface area contributed by atoms with Gasteiger partial charge in [0.25, 0.3) is 5.56 Å². The third kappa shape index (κ3) is 4.28. The fourth-order valence-electron chi connectivity index (χ4n) is 3.93. The number of aromatic nitrogens is 1. The number of fused-ring (bicyclic) bond motifs is 1. The molecule has 1 aliphatic heterocycles. The average molecular weight is 479 g/mol. The Morgan fingerprint density at radius 2 is 1.85 bits per heavy atom. The topological polar surface area (TPSA) is 79.1 Å². The van der Waals surface area contributed by atoms with Crippen molar-refractivity contribution < 1.29 is 19.0 Å². The third-order valence-corrected chi connectivity index (χ3v) is 6.62. The molecule has 2 heterocycles. The van der Waals surface area contributed by atoms with Crippen molar-refractivity contribution in [2.75, 3.05) is 20.8 Å². The van der Waals surface area contributed by atoms with Crippen molar-refractivity contribution in [3.63, 3.8) is 0 Å². The normalized spacial score (nSPS) is 15.6. The van der Waals surface area contributed by atoms with Crippen LogP contribution >= 0.6 is 11.3 Å². The highest BCUT2D eigenvalue weighted by Crippen LogP contribution is 2.31. The number of rotatable bonds is 6. The number of allylic oxidation sites excluding steroid dienone is 1. The molecular weight excluding hydrogens is 452 g/mol. The molecule has 7 nitrogen and oxygen atoms in total. The Hall–Kier alpha value is -3.65. The van der Waals surface area contributed by atoms with Gasteiger partial charge in [0.15, 0.2) is 4.80 Å². The molecule has 0 bridgehead atoms. The summed E-state index contributed by atoms with van der Waals surface area (Å²) in [6.07, 6.45) is 1.78. The molecule has 4 rings (SSSR count). The monoisotopic (exact) mass is 478 g/mol. The fraction of sp³-hybridized carbons (Fsp3) is 0.269. The van der Waals surface area contributed by atoms with E-state index in [1.165, 1.54) is 11.3 Å². The fourth-order valence-corrected chi connectivity index (χ4v) is 4.97. The van der Waals surface area contributed by atoms with Gasteiger partial charge in [-0.15, -0.1) is 0 Å². The second kappa shape index (κ2) is 9.69. The van der Waals surface area contributed by atoms with E-state index >= 15 is 0 Å². The van der Waals surface area contributed by atoms with E-state index in [0.29, 0.717) is 32.1 Å². The van der Waals surface area contributed by atoms with Crippen LogP contribution in [0.1, 0.15) is 36.6 Å². The molecule has 176 valence electrons. The van der Waals surface area contributed by atoms with Crippen molar-refractivity contribution in [3.05, 3.63) is 90.1 Å². The van der Waals surface area contributed by atoms with Gasteiger partial charge in [-0.25, -0.2) is 9.79 Å². The molecule has 0 amide bonds. The first-order valence-electron chi connectivity index (χ1n) is 10.9. The van der Waals surface area contributed by atoms with Crippen molar-refractivity contribution >= 4 is 23.4 Å². The molecule has 0 fully saturated rings. The first-order valence-corrected chi connectivity index (χ1v) is 11.7. The van der Waals surface area contributed by atoms with E-state index in [1.54, 1.807) is 44.8 Å². The molecule has 0 saturated heterocycles. The summed E-state index contributed by atoms with van der Waals surface area (Å²) in [5.41, 5.74) is 3.31. The lowest BCUT2D eigenvalue weighted by molar-refractivity contribution is -0.139. The zero-order valence-electron chi connectivity index (χ0n) is 19.7. The predicted octanol–water partition coefficient (Wildman–Crippen LogP) is 3.12. The van der Waals surface area contributed by atoms with Gasteiger partial charge in [0.2, 0.25) is 0 Å². The van der Waals surface area contributed by atoms with Gasteiger partial charge >= 0.3 is 5.97 Å². The van der Waals surface area contributed by atoms with Crippen molar-refractivity contribution in [2.45, 2.75) is 26.8 Å². The number of aryl methyl sites for hydroxylation is 1. The summed E-state index contributed by atoms with van der Waals surface area (Å²) in [5.74, 6) is 0.772. The minimum atomic E-state index is -0.629. The Bertz CT molecular complexity index is 1450. The summed E-state index contributed by atoms with van der Waals surface area (Å²) in [6, 6.07) is 12.6. The van der Waals surface area contributed by atoms with Gasteiger partial charge in [-0.05, 0) is 44.5 Å². The predicted molar refractivity (Wildman–Crippen MR) is 131 cm³/mol. The van der Waals surface area contributed by atoms with Crippen molar-refractivity contribution in [1.29, 1.82) is 0 Å². The lowest BCUT2D eigenvalue weighted by Gasteiger charge is -2.24. The second-order valence-electron chi connectivity index (χ2n) is 7.82. The van der Waals surface area contributed by atoms with Crippen LogP contribution in [-0.4, -0.2) is 31.4 Å². The number of thiazole rings is 1. The SMILES string of the molecule is CCOC(=O)C1=C(C)N=c2s/c(=C\c3ccc(OC)cc3OC)c(=O)n2[C@H]1c1ccc(C)cc1.